The van der Waals surface area contributed by atoms with Gasteiger partial charge in [-0.2, -0.15) is 0 Å². The molecule has 176 valence electrons. The Morgan fingerprint density at radius 2 is 1.94 bits per heavy atom. The van der Waals surface area contributed by atoms with E-state index in [4.69, 9.17) is 5.73 Å². The van der Waals surface area contributed by atoms with Crippen LogP contribution in [0.2, 0.25) is 0 Å². The quantitative estimate of drug-likeness (QED) is 0.475. The van der Waals surface area contributed by atoms with Crippen LogP contribution in [0.25, 0.3) is 16.8 Å². The largest absolute Gasteiger partial charge is 0.400 e. The number of hydrogen-bond acceptors (Lipinski definition) is 4. The monoisotopic (exact) mass is 454 g/mol. The maximum atomic E-state index is 14.9. The number of allylic oxidation sites excluding steroid dienone is 1. The van der Waals surface area contributed by atoms with Crippen LogP contribution in [-0.4, -0.2) is 33.4 Å². The van der Waals surface area contributed by atoms with Gasteiger partial charge in [0.2, 0.25) is 0 Å². The Balaban J connectivity index is 1.92. The van der Waals surface area contributed by atoms with Crippen LogP contribution in [0.4, 0.5) is 8.78 Å². The molecule has 2 heterocycles. The molecule has 0 bridgehead atoms. The molecular formula is C26H32F2N4O. The Morgan fingerprint density at radius 3 is 2.61 bits per heavy atom. The molecule has 5 nitrogen and oxygen atoms in total. The lowest BCUT2D eigenvalue weighted by molar-refractivity contribution is 0.0928. The van der Waals surface area contributed by atoms with Gasteiger partial charge in [-0.15, -0.1) is 0 Å². The molecule has 2 aromatic heterocycles. The maximum Gasteiger partial charge on any atom is 0.162 e. The summed E-state index contributed by atoms with van der Waals surface area (Å²) in [6.07, 6.45) is 5.82. The van der Waals surface area contributed by atoms with Gasteiger partial charge in [-0.25, -0.2) is 13.8 Å². The zero-order valence-electron chi connectivity index (χ0n) is 19.9. The summed E-state index contributed by atoms with van der Waals surface area (Å²) in [4.78, 5) is 8.47. The van der Waals surface area contributed by atoms with E-state index in [1.807, 2.05) is 56.6 Å². The van der Waals surface area contributed by atoms with Crippen LogP contribution in [-0.2, 0) is 6.42 Å². The highest BCUT2D eigenvalue weighted by Crippen LogP contribution is 2.31. The van der Waals surface area contributed by atoms with E-state index < -0.39 is 23.2 Å². The van der Waals surface area contributed by atoms with Gasteiger partial charge in [0.25, 0.3) is 0 Å². The second-order valence-corrected chi connectivity index (χ2v) is 9.36. The Morgan fingerprint density at radius 1 is 1.21 bits per heavy atom. The number of nitrogens with zero attached hydrogens (tertiary/aromatic N) is 3. The Kier molecular flexibility index (Phi) is 7.32. The fourth-order valence-corrected chi connectivity index (χ4v) is 3.93. The first kappa shape index (κ1) is 24.6. The molecule has 0 aliphatic carbocycles. The topological polar surface area (TPSA) is 75.9 Å². The van der Waals surface area contributed by atoms with Crippen molar-refractivity contribution in [2.75, 3.05) is 7.05 Å². The summed E-state index contributed by atoms with van der Waals surface area (Å²) in [6.45, 7) is 7.57. The number of aliphatic hydroxyl groups is 1. The average molecular weight is 455 g/mol. The number of fused-ring (bicyclic) bond motifs is 1. The molecule has 33 heavy (non-hydrogen) atoms. The van der Waals surface area contributed by atoms with E-state index >= 15 is 0 Å². The number of halogens is 2. The molecule has 1 atom stereocenters. The number of hydrogen-bond donors (Lipinski definition) is 2. The zero-order valence-corrected chi connectivity index (χ0v) is 19.9. The summed E-state index contributed by atoms with van der Waals surface area (Å²) in [6, 6.07) is 6.47. The second kappa shape index (κ2) is 9.83. The number of aliphatic hydroxyl groups excluding tert-OH is 1. The SMILES string of the molecule is CN=C(C)/C(CCCc1c(-c2ccc3nccn3c2)ccc(F)c1F)=C(\N)C(O)C(C)(C)C. The third-order valence-electron chi connectivity index (χ3n) is 5.98. The molecule has 3 N–H and O–H groups in total. The minimum absolute atomic E-state index is 0.306. The third kappa shape index (κ3) is 5.30. The van der Waals surface area contributed by atoms with Crippen molar-refractivity contribution < 1.29 is 13.9 Å². The molecule has 0 saturated carbocycles. The van der Waals surface area contributed by atoms with Gasteiger partial charge in [0.1, 0.15) is 5.65 Å². The fourth-order valence-electron chi connectivity index (χ4n) is 3.93. The summed E-state index contributed by atoms with van der Waals surface area (Å²) >= 11 is 0. The van der Waals surface area contributed by atoms with Gasteiger partial charge in [0.05, 0.1) is 6.10 Å². The highest BCUT2D eigenvalue weighted by Gasteiger charge is 2.27. The molecule has 0 fully saturated rings. The second-order valence-electron chi connectivity index (χ2n) is 9.36. The molecule has 1 unspecified atom stereocenters. The number of pyridine rings is 1. The van der Waals surface area contributed by atoms with Gasteiger partial charge in [0.15, 0.2) is 11.6 Å². The lowest BCUT2D eigenvalue weighted by Gasteiger charge is -2.28. The number of nitrogens with two attached hydrogens (primary N) is 1. The van der Waals surface area contributed by atoms with E-state index in [-0.39, 0.29) is 0 Å². The van der Waals surface area contributed by atoms with Gasteiger partial charge < -0.3 is 15.2 Å². The molecule has 0 aliphatic rings. The summed E-state index contributed by atoms with van der Waals surface area (Å²) in [7, 11) is 1.67. The van der Waals surface area contributed by atoms with Gasteiger partial charge in [-0.3, -0.25) is 4.99 Å². The first-order chi connectivity index (χ1) is 15.5. The predicted molar refractivity (Wildman–Crippen MR) is 129 cm³/mol. The standard InChI is InChI=1S/C26H32F2N4O/c1-16(30-5)18(24(29)25(33)26(2,3)4)7-6-8-20-19(10-11-21(27)23(20)28)17-9-12-22-31-13-14-32(22)15-17/h9-15,25,33H,6-8,29H2,1-5H3/b24-18-,30-16?. The first-order valence-corrected chi connectivity index (χ1v) is 11.0. The van der Waals surface area contributed by atoms with Crippen LogP contribution in [0.5, 0.6) is 0 Å². The normalized spacial score (nSPS) is 14.5. The van der Waals surface area contributed by atoms with E-state index in [0.29, 0.717) is 36.1 Å². The van der Waals surface area contributed by atoms with Crippen molar-refractivity contribution in [2.45, 2.75) is 53.1 Å². The zero-order chi connectivity index (χ0) is 24.3. The minimum Gasteiger partial charge on any atom is -0.400 e. The lowest BCUT2D eigenvalue weighted by Crippen LogP contribution is -2.33. The summed E-state index contributed by atoms with van der Waals surface area (Å²) in [5, 5.41) is 10.7. The number of imidazole rings is 1. The first-order valence-electron chi connectivity index (χ1n) is 11.0. The third-order valence-corrected chi connectivity index (χ3v) is 5.98. The summed E-state index contributed by atoms with van der Waals surface area (Å²) in [5.41, 5.74) is 10.2. The molecule has 1 aromatic carbocycles. The Hall–Kier alpha value is -3.06. The van der Waals surface area contributed by atoms with Crippen LogP contribution >= 0.6 is 0 Å². The average Bonchev–Trinajstić information content (AvgIpc) is 3.25. The molecule has 0 aliphatic heterocycles. The predicted octanol–water partition coefficient (Wildman–Crippen LogP) is 5.31. The molecule has 0 spiro atoms. The molecule has 3 rings (SSSR count). The summed E-state index contributed by atoms with van der Waals surface area (Å²) < 4.78 is 30.9. The van der Waals surface area contributed by atoms with Crippen LogP contribution in [0, 0.1) is 17.0 Å². The van der Waals surface area contributed by atoms with Gasteiger partial charge in [0, 0.05) is 37.0 Å². The van der Waals surface area contributed by atoms with Crippen LogP contribution in [0.3, 0.4) is 0 Å². The number of aliphatic imine (C=N–C) groups is 1. The van der Waals surface area contributed by atoms with E-state index in [1.54, 1.807) is 19.3 Å². The highest BCUT2D eigenvalue weighted by atomic mass is 19.2. The van der Waals surface area contributed by atoms with Gasteiger partial charge in [-0.1, -0.05) is 26.8 Å². The van der Waals surface area contributed by atoms with E-state index in [0.717, 1.165) is 28.6 Å². The number of rotatable bonds is 7. The van der Waals surface area contributed by atoms with E-state index in [1.165, 1.54) is 0 Å². The number of aromatic nitrogens is 2. The van der Waals surface area contributed by atoms with Crippen molar-refractivity contribution in [3.05, 3.63) is 71.3 Å². The number of benzene rings is 1. The molecule has 7 heteroatoms. The maximum absolute atomic E-state index is 14.9. The molecule has 0 radical (unpaired) electrons. The van der Waals surface area contributed by atoms with Crippen molar-refractivity contribution in [1.29, 1.82) is 0 Å². The van der Waals surface area contributed by atoms with E-state index in [9.17, 15) is 13.9 Å². The Labute approximate surface area is 193 Å². The highest BCUT2D eigenvalue weighted by molar-refractivity contribution is 5.98. The minimum atomic E-state index is -0.873. The molecule has 0 saturated heterocycles. The van der Waals surface area contributed by atoms with Crippen LogP contribution in [0.15, 0.2) is 59.1 Å². The molecule has 0 amide bonds. The Bertz CT molecular complexity index is 1200. The summed E-state index contributed by atoms with van der Waals surface area (Å²) in [5.74, 6) is -1.71. The van der Waals surface area contributed by atoms with Crippen molar-refractivity contribution >= 4 is 11.4 Å². The van der Waals surface area contributed by atoms with E-state index in [2.05, 4.69) is 9.98 Å². The molecular weight excluding hydrogens is 422 g/mol. The fraction of sp³-hybridized carbons (Fsp3) is 0.385. The van der Waals surface area contributed by atoms with Crippen LogP contribution < -0.4 is 5.73 Å². The van der Waals surface area contributed by atoms with Crippen molar-refractivity contribution in [2.24, 2.45) is 16.1 Å². The van der Waals surface area contributed by atoms with Crippen LogP contribution in [0.1, 0.15) is 46.1 Å². The van der Waals surface area contributed by atoms with Gasteiger partial charge >= 0.3 is 0 Å². The van der Waals surface area contributed by atoms with Gasteiger partial charge in [-0.05, 0) is 72.1 Å². The molecule has 3 aromatic rings. The van der Waals surface area contributed by atoms with Crippen molar-refractivity contribution in [3.63, 3.8) is 0 Å². The van der Waals surface area contributed by atoms with Crippen molar-refractivity contribution in [3.8, 4) is 11.1 Å². The smallest absolute Gasteiger partial charge is 0.162 e. The lowest BCUT2D eigenvalue weighted by atomic mass is 9.84. The van der Waals surface area contributed by atoms with Crippen molar-refractivity contribution in [1.82, 2.24) is 9.38 Å².